The van der Waals surface area contributed by atoms with Gasteiger partial charge in [0.25, 0.3) is 5.91 Å². The van der Waals surface area contributed by atoms with Crippen LogP contribution in [-0.2, 0) is 28.3 Å². The number of fused-ring (bicyclic) bond motifs is 1. The second kappa shape index (κ2) is 15.0. The molecule has 1 aromatic heterocycles. The third-order valence-electron chi connectivity index (χ3n) is 10.5. The third-order valence-corrected chi connectivity index (χ3v) is 10.5. The minimum absolute atomic E-state index is 0.144. The van der Waals surface area contributed by atoms with E-state index in [9.17, 15) is 40.7 Å². The first-order valence-electron chi connectivity index (χ1n) is 17.5. The topological polar surface area (TPSA) is 120 Å². The molecule has 11 nitrogen and oxygen atoms in total. The van der Waals surface area contributed by atoms with Gasteiger partial charge in [0.2, 0.25) is 0 Å². The molecule has 17 heteroatoms. The lowest BCUT2D eigenvalue weighted by Gasteiger charge is -2.39. The Kier molecular flexibility index (Phi) is 10.8. The van der Waals surface area contributed by atoms with Gasteiger partial charge in [-0.3, -0.25) is 14.3 Å². The van der Waals surface area contributed by atoms with Gasteiger partial charge in [0, 0.05) is 57.8 Å². The van der Waals surface area contributed by atoms with E-state index in [4.69, 9.17) is 10.5 Å². The van der Waals surface area contributed by atoms with E-state index in [-0.39, 0.29) is 44.0 Å². The summed E-state index contributed by atoms with van der Waals surface area (Å²) in [7, 11) is 2.07. The van der Waals surface area contributed by atoms with E-state index in [0.717, 1.165) is 32.6 Å². The molecule has 3 fully saturated rings. The van der Waals surface area contributed by atoms with Crippen LogP contribution < -0.4 is 11.4 Å². The molecule has 3 aromatic rings. The quantitative estimate of drug-likeness (QED) is 0.271. The van der Waals surface area contributed by atoms with Crippen molar-refractivity contribution in [2.75, 3.05) is 65.1 Å². The highest BCUT2D eigenvalue weighted by Crippen LogP contribution is 2.42. The zero-order chi connectivity index (χ0) is 37.4. The number of aromatic amines is 1. The number of likely N-dealkylation sites (N-methyl/N-ethyl adjacent to an activating group) is 1. The van der Waals surface area contributed by atoms with E-state index in [1.807, 2.05) is 12.1 Å². The van der Waals surface area contributed by atoms with Gasteiger partial charge >= 0.3 is 24.1 Å². The van der Waals surface area contributed by atoms with Gasteiger partial charge in [-0.05, 0) is 82.1 Å². The summed E-state index contributed by atoms with van der Waals surface area (Å²) in [5.74, 6) is -0.693. The fourth-order valence-corrected chi connectivity index (χ4v) is 7.72. The molecule has 6 rings (SSSR count). The molecular weight excluding hydrogens is 696 g/mol. The van der Waals surface area contributed by atoms with Gasteiger partial charge in [-0.1, -0.05) is 12.1 Å². The number of carbonyl (C=O) groups excluding carboxylic acids is 2. The Balaban J connectivity index is 1.20. The molecule has 0 radical (unpaired) electrons. The number of nitrogens with two attached hydrogens (primary N) is 1. The van der Waals surface area contributed by atoms with Gasteiger partial charge in [0.1, 0.15) is 0 Å². The van der Waals surface area contributed by atoms with Crippen molar-refractivity contribution in [3.63, 3.8) is 0 Å². The average Bonchev–Trinajstić information content (AvgIpc) is 3.28. The lowest BCUT2D eigenvalue weighted by atomic mass is 9.97. The first-order valence-corrected chi connectivity index (χ1v) is 17.5. The summed E-state index contributed by atoms with van der Waals surface area (Å²) in [6.45, 7) is 4.55. The Labute approximate surface area is 296 Å². The van der Waals surface area contributed by atoms with Crippen LogP contribution >= 0.6 is 0 Å². The van der Waals surface area contributed by atoms with Crippen LogP contribution in [0.15, 0.2) is 41.2 Å². The number of hydrogen-bond acceptors (Lipinski definition) is 7. The number of benzene rings is 2. The van der Waals surface area contributed by atoms with Crippen LogP contribution in [0.25, 0.3) is 11.0 Å². The lowest BCUT2D eigenvalue weighted by molar-refractivity contribution is -0.142. The summed E-state index contributed by atoms with van der Waals surface area (Å²) in [6, 6.07) is 8.12. The number of ether oxygens (including phenoxy) is 1. The van der Waals surface area contributed by atoms with Gasteiger partial charge < -0.3 is 30.2 Å². The number of amides is 2. The number of likely N-dealkylation sites (tertiary alicyclic amines) is 2. The molecule has 0 unspecified atom stereocenters. The number of carbonyl (C=O) groups is 2. The van der Waals surface area contributed by atoms with Crippen molar-refractivity contribution in [1.82, 2.24) is 29.2 Å². The Bertz CT molecular complexity index is 1770. The van der Waals surface area contributed by atoms with Gasteiger partial charge in [-0.25, -0.2) is 9.59 Å². The van der Waals surface area contributed by atoms with E-state index in [1.54, 1.807) is 16.7 Å². The van der Waals surface area contributed by atoms with E-state index in [1.165, 1.54) is 9.80 Å². The van der Waals surface area contributed by atoms with Gasteiger partial charge in [0.05, 0.1) is 27.8 Å². The lowest BCUT2D eigenvalue weighted by Crippen LogP contribution is -2.51. The Morgan fingerprint density at radius 2 is 1.44 bits per heavy atom. The molecule has 3 saturated heterocycles. The van der Waals surface area contributed by atoms with Crippen LogP contribution in [0, 0.1) is 0 Å². The Morgan fingerprint density at radius 1 is 0.846 bits per heavy atom. The summed E-state index contributed by atoms with van der Waals surface area (Å²) in [4.78, 5) is 50.6. The molecule has 284 valence electrons. The molecule has 0 aliphatic carbocycles. The number of aromatic nitrogens is 2. The maximum Gasteiger partial charge on any atom is 0.418 e. The predicted molar refractivity (Wildman–Crippen MR) is 181 cm³/mol. The molecule has 0 saturated carbocycles. The first-order chi connectivity index (χ1) is 24.6. The van der Waals surface area contributed by atoms with Crippen LogP contribution in [0.2, 0.25) is 0 Å². The van der Waals surface area contributed by atoms with Gasteiger partial charge in [-0.2, -0.15) is 26.3 Å². The number of H-pyrrole nitrogens is 1. The molecule has 0 bridgehead atoms. The van der Waals surface area contributed by atoms with Crippen molar-refractivity contribution in [2.45, 2.75) is 69.1 Å². The van der Waals surface area contributed by atoms with Crippen LogP contribution in [0.5, 0.6) is 0 Å². The molecular formula is C35H43F6N7O4. The molecule has 2 amide bonds. The fourth-order valence-electron chi connectivity index (χ4n) is 7.72. The normalized spacial score (nSPS) is 19.9. The average molecular weight is 740 g/mol. The number of nitrogens with zero attached hydrogens (tertiary/aromatic N) is 5. The summed E-state index contributed by atoms with van der Waals surface area (Å²) in [5.41, 5.74) is 1.10. The standard InChI is InChI=1S/C35H43F6N7O4/c1-44-11-4-12-45(18-17-44)23-7-13-46(14-8-23)31(49)29(21-22-19-25(34(36,37)38)30(42)26(20-22)35(39,40)41)52-33(51)47-15-9-24(10-16-47)48-28-6-3-2-5-27(28)43-32(48)50/h2-3,5-6,19-20,23-24,29H,4,7-18,21,42H2,1H3,(H,43,50)/t29-/m1/s1. The number of imidazole rings is 1. The predicted octanol–water partition coefficient (Wildman–Crippen LogP) is 4.96. The van der Waals surface area contributed by atoms with Crippen molar-refractivity contribution in [1.29, 1.82) is 0 Å². The van der Waals surface area contributed by atoms with E-state index < -0.39 is 59.3 Å². The number of rotatable bonds is 6. The van der Waals surface area contributed by atoms with Crippen LogP contribution in [0.4, 0.5) is 36.8 Å². The number of hydrogen-bond donors (Lipinski definition) is 2. The molecule has 4 heterocycles. The summed E-state index contributed by atoms with van der Waals surface area (Å²) in [5, 5.41) is 0. The monoisotopic (exact) mass is 739 g/mol. The van der Waals surface area contributed by atoms with Crippen molar-refractivity contribution in [3.8, 4) is 0 Å². The second-order valence-electron chi connectivity index (χ2n) is 14.0. The van der Waals surface area contributed by atoms with Crippen molar-refractivity contribution in [3.05, 3.63) is 63.6 Å². The number of nitrogens with one attached hydrogen (secondary N) is 1. The maximum absolute atomic E-state index is 14.0. The van der Waals surface area contributed by atoms with Crippen LogP contribution in [0.3, 0.4) is 0 Å². The van der Waals surface area contributed by atoms with E-state index >= 15 is 0 Å². The van der Waals surface area contributed by atoms with Crippen molar-refractivity contribution in [2.24, 2.45) is 0 Å². The molecule has 52 heavy (non-hydrogen) atoms. The number of nitrogen functional groups attached to an aromatic ring is 1. The number of alkyl halides is 6. The molecule has 0 spiro atoms. The van der Waals surface area contributed by atoms with Gasteiger partial charge in [-0.15, -0.1) is 0 Å². The fraction of sp³-hybridized carbons (Fsp3) is 0.571. The molecule has 3 N–H and O–H groups in total. The van der Waals surface area contributed by atoms with Crippen LogP contribution in [-0.4, -0.2) is 113 Å². The molecule has 2 aromatic carbocycles. The zero-order valence-electron chi connectivity index (χ0n) is 28.8. The molecule has 3 aliphatic rings. The number of para-hydroxylation sites is 2. The minimum Gasteiger partial charge on any atom is -0.436 e. The number of piperidine rings is 2. The van der Waals surface area contributed by atoms with Gasteiger partial charge in [0.15, 0.2) is 6.10 Å². The SMILES string of the molecule is CN1CCCN(C2CCN(C(=O)[C@@H](Cc3cc(C(F)(F)F)c(N)c(C(F)(F)F)c3)OC(=O)N3CCC(n4c(=O)[nH]c5ccccc54)CC3)CC2)CC1. The summed E-state index contributed by atoms with van der Waals surface area (Å²) >= 11 is 0. The van der Waals surface area contributed by atoms with Crippen LogP contribution in [0.1, 0.15) is 54.8 Å². The van der Waals surface area contributed by atoms with E-state index in [0.29, 0.717) is 48.8 Å². The number of halogens is 6. The Hall–Kier alpha value is -4.25. The first kappa shape index (κ1) is 37.5. The number of anilines is 1. The molecule has 3 aliphatic heterocycles. The zero-order valence-corrected chi connectivity index (χ0v) is 28.8. The highest BCUT2D eigenvalue weighted by molar-refractivity contribution is 5.84. The Morgan fingerprint density at radius 3 is 2.08 bits per heavy atom. The van der Waals surface area contributed by atoms with Crippen molar-refractivity contribution >= 4 is 28.7 Å². The summed E-state index contributed by atoms with van der Waals surface area (Å²) < 4.78 is 90.6. The highest BCUT2D eigenvalue weighted by atomic mass is 19.4. The smallest absolute Gasteiger partial charge is 0.418 e. The van der Waals surface area contributed by atoms with Crippen molar-refractivity contribution < 1.29 is 40.7 Å². The minimum atomic E-state index is -5.21. The maximum atomic E-state index is 14.0. The highest BCUT2D eigenvalue weighted by Gasteiger charge is 2.42. The summed E-state index contributed by atoms with van der Waals surface area (Å²) in [6.07, 6.45) is -10.8. The van der Waals surface area contributed by atoms with E-state index in [2.05, 4.69) is 21.8 Å². The third kappa shape index (κ3) is 8.19. The largest absolute Gasteiger partial charge is 0.436 e. The molecule has 1 atom stereocenters. The second-order valence-corrected chi connectivity index (χ2v) is 14.0.